The topological polar surface area (TPSA) is 56.7 Å². The van der Waals surface area contributed by atoms with Gasteiger partial charge in [0.1, 0.15) is 11.6 Å². The Balaban J connectivity index is 2.47. The molecule has 6 heteroatoms. The van der Waals surface area contributed by atoms with Crippen molar-refractivity contribution in [3.05, 3.63) is 41.7 Å². The van der Waals surface area contributed by atoms with Gasteiger partial charge < -0.3 is 5.73 Å². The van der Waals surface area contributed by atoms with Gasteiger partial charge in [-0.3, -0.25) is 4.57 Å². The van der Waals surface area contributed by atoms with E-state index in [4.69, 9.17) is 17.3 Å². The Labute approximate surface area is 103 Å². The zero-order valence-electron chi connectivity index (χ0n) is 9.11. The Morgan fingerprint density at radius 2 is 1.82 bits per heavy atom. The highest BCUT2D eigenvalue weighted by atomic mass is 35.5. The van der Waals surface area contributed by atoms with E-state index in [9.17, 15) is 4.39 Å². The predicted molar refractivity (Wildman–Crippen MR) is 63.6 cm³/mol. The molecule has 0 fully saturated rings. The van der Waals surface area contributed by atoms with Gasteiger partial charge in [-0.05, 0) is 30.8 Å². The highest BCUT2D eigenvalue weighted by Crippen LogP contribution is 2.15. The first-order valence-electron chi connectivity index (χ1n) is 5.21. The molecule has 4 nitrogen and oxygen atoms in total. The molecule has 0 spiro atoms. The van der Waals surface area contributed by atoms with Crippen molar-refractivity contribution in [1.29, 1.82) is 0 Å². The molecular formula is C11H12ClFN4. The van der Waals surface area contributed by atoms with Crippen LogP contribution in [0.25, 0.3) is 5.69 Å². The molecule has 0 aliphatic carbocycles. The van der Waals surface area contributed by atoms with E-state index < -0.39 is 0 Å². The van der Waals surface area contributed by atoms with Crippen molar-refractivity contribution in [2.45, 2.75) is 12.3 Å². The van der Waals surface area contributed by atoms with Crippen LogP contribution in [0.1, 0.15) is 11.6 Å². The summed E-state index contributed by atoms with van der Waals surface area (Å²) in [7, 11) is 0. The minimum absolute atomic E-state index is 0.245. The average Bonchev–Trinajstić information content (AvgIpc) is 2.74. The van der Waals surface area contributed by atoms with Crippen molar-refractivity contribution in [3.8, 4) is 5.69 Å². The van der Waals surface area contributed by atoms with Crippen LogP contribution in [0.2, 0.25) is 0 Å². The highest BCUT2D eigenvalue weighted by Gasteiger charge is 2.12. The van der Waals surface area contributed by atoms with Crippen LogP contribution in [0.3, 0.4) is 0 Å². The van der Waals surface area contributed by atoms with E-state index in [1.54, 1.807) is 16.7 Å². The maximum atomic E-state index is 12.9. The lowest BCUT2D eigenvalue weighted by molar-refractivity contribution is 0.627. The number of rotatable bonds is 4. The summed E-state index contributed by atoms with van der Waals surface area (Å²) in [6.45, 7) is 0.474. The van der Waals surface area contributed by atoms with Gasteiger partial charge in [-0.2, -0.15) is 0 Å². The van der Waals surface area contributed by atoms with Crippen molar-refractivity contribution in [2.75, 3.05) is 6.54 Å². The monoisotopic (exact) mass is 254 g/mol. The molecule has 0 unspecified atom stereocenters. The molecule has 0 aliphatic rings. The second-order valence-corrected chi connectivity index (χ2v) is 3.78. The van der Waals surface area contributed by atoms with E-state index >= 15 is 0 Å². The average molecular weight is 255 g/mol. The smallest absolute Gasteiger partial charge is 0.152 e. The van der Waals surface area contributed by atoms with E-state index in [0.29, 0.717) is 18.8 Å². The fourth-order valence-corrected chi connectivity index (χ4v) is 1.79. The number of alkyl halides is 1. The molecule has 17 heavy (non-hydrogen) atoms. The van der Waals surface area contributed by atoms with Gasteiger partial charge in [-0.15, -0.1) is 21.8 Å². The first-order chi connectivity index (χ1) is 8.26. The van der Waals surface area contributed by atoms with Gasteiger partial charge in [0.05, 0.1) is 5.88 Å². The summed E-state index contributed by atoms with van der Waals surface area (Å²) in [5, 5.41) is 8.01. The normalized spacial score (nSPS) is 10.8. The van der Waals surface area contributed by atoms with Gasteiger partial charge >= 0.3 is 0 Å². The van der Waals surface area contributed by atoms with Crippen LogP contribution in [0.5, 0.6) is 0 Å². The largest absolute Gasteiger partial charge is 0.330 e. The first-order valence-corrected chi connectivity index (χ1v) is 5.75. The number of nitrogens with two attached hydrogens (primary N) is 1. The molecule has 0 saturated carbocycles. The van der Waals surface area contributed by atoms with Gasteiger partial charge in [-0.25, -0.2) is 4.39 Å². The van der Waals surface area contributed by atoms with Gasteiger partial charge in [0.15, 0.2) is 5.82 Å². The molecule has 0 saturated heterocycles. The number of halogens is 2. The van der Waals surface area contributed by atoms with E-state index in [1.165, 1.54) is 12.1 Å². The summed E-state index contributed by atoms with van der Waals surface area (Å²) < 4.78 is 14.7. The molecule has 0 bridgehead atoms. The number of hydrogen-bond donors (Lipinski definition) is 1. The van der Waals surface area contributed by atoms with Crippen LogP contribution in [0.4, 0.5) is 4.39 Å². The number of aromatic nitrogens is 3. The van der Waals surface area contributed by atoms with Crippen LogP contribution < -0.4 is 5.73 Å². The lowest BCUT2D eigenvalue weighted by atomic mass is 10.3. The summed E-state index contributed by atoms with van der Waals surface area (Å²) in [5.41, 5.74) is 6.30. The molecule has 90 valence electrons. The molecule has 0 atom stereocenters. The molecule has 1 aromatic carbocycles. The van der Waals surface area contributed by atoms with E-state index in [-0.39, 0.29) is 11.7 Å². The quantitative estimate of drug-likeness (QED) is 0.844. The third-order valence-corrected chi connectivity index (χ3v) is 2.61. The summed E-state index contributed by atoms with van der Waals surface area (Å²) >= 11 is 5.80. The Hall–Kier alpha value is -1.46. The second kappa shape index (κ2) is 5.25. The fraction of sp³-hybridized carbons (Fsp3) is 0.273. The number of nitrogens with zero attached hydrogens (tertiary/aromatic N) is 3. The predicted octanol–water partition coefficient (Wildman–Crippen LogP) is 1.65. The van der Waals surface area contributed by atoms with Gasteiger partial charge in [0.2, 0.25) is 0 Å². The molecule has 1 aromatic heterocycles. The molecule has 2 aromatic rings. The maximum Gasteiger partial charge on any atom is 0.152 e. The van der Waals surface area contributed by atoms with Crippen LogP contribution in [0, 0.1) is 5.82 Å². The highest BCUT2D eigenvalue weighted by molar-refractivity contribution is 6.16. The third-order valence-electron chi connectivity index (χ3n) is 2.37. The molecule has 2 N–H and O–H groups in total. The zero-order chi connectivity index (χ0) is 12.3. The Morgan fingerprint density at radius 1 is 1.18 bits per heavy atom. The lowest BCUT2D eigenvalue weighted by Crippen LogP contribution is -2.10. The SMILES string of the molecule is NCCc1nnc(CCl)n1-c1ccc(F)cc1. The van der Waals surface area contributed by atoms with Crippen molar-refractivity contribution < 1.29 is 4.39 Å². The Morgan fingerprint density at radius 3 is 2.41 bits per heavy atom. The molecule has 0 radical (unpaired) electrons. The van der Waals surface area contributed by atoms with Crippen molar-refractivity contribution in [2.24, 2.45) is 5.73 Å². The molecule has 0 aliphatic heterocycles. The molecule has 1 heterocycles. The van der Waals surface area contributed by atoms with Gasteiger partial charge in [0.25, 0.3) is 0 Å². The van der Waals surface area contributed by atoms with Crippen LogP contribution in [-0.2, 0) is 12.3 Å². The third kappa shape index (κ3) is 2.45. The molecule has 0 amide bonds. The summed E-state index contributed by atoms with van der Waals surface area (Å²) in [6, 6.07) is 6.10. The van der Waals surface area contributed by atoms with Crippen LogP contribution in [-0.4, -0.2) is 21.3 Å². The van der Waals surface area contributed by atoms with E-state index in [0.717, 1.165) is 11.5 Å². The second-order valence-electron chi connectivity index (χ2n) is 3.52. The summed E-state index contributed by atoms with van der Waals surface area (Å²) in [4.78, 5) is 0. The lowest BCUT2D eigenvalue weighted by Gasteiger charge is -2.08. The maximum absolute atomic E-state index is 12.9. The Bertz CT molecular complexity index is 495. The van der Waals surface area contributed by atoms with Gasteiger partial charge in [0, 0.05) is 12.1 Å². The number of hydrogen-bond acceptors (Lipinski definition) is 3. The standard InChI is InChI=1S/C11H12ClFN4/c12-7-11-16-15-10(5-6-14)17(11)9-3-1-8(13)2-4-9/h1-4H,5-7,14H2. The van der Waals surface area contributed by atoms with Gasteiger partial charge in [-0.1, -0.05) is 0 Å². The molecule has 2 rings (SSSR count). The minimum Gasteiger partial charge on any atom is -0.330 e. The summed E-state index contributed by atoms with van der Waals surface area (Å²) in [6.07, 6.45) is 0.598. The number of benzene rings is 1. The van der Waals surface area contributed by atoms with Crippen molar-refractivity contribution in [1.82, 2.24) is 14.8 Å². The Kier molecular flexibility index (Phi) is 3.71. The molecular weight excluding hydrogens is 243 g/mol. The minimum atomic E-state index is -0.283. The summed E-state index contributed by atoms with van der Waals surface area (Å²) in [5.74, 6) is 1.32. The van der Waals surface area contributed by atoms with Crippen molar-refractivity contribution in [3.63, 3.8) is 0 Å². The van der Waals surface area contributed by atoms with E-state index in [2.05, 4.69) is 10.2 Å². The first kappa shape index (κ1) is 12.0. The van der Waals surface area contributed by atoms with Crippen molar-refractivity contribution >= 4 is 11.6 Å². The zero-order valence-corrected chi connectivity index (χ0v) is 9.86. The van der Waals surface area contributed by atoms with Crippen LogP contribution in [0.15, 0.2) is 24.3 Å². The van der Waals surface area contributed by atoms with Crippen LogP contribution >= 0.6 is 11.6 Å². The fourth-order valence-electron chi connectivity index (χ4n) is 1.62. The van der Waals surface area contributed by atoms with E-state index in [1.807, 2.05) is 0 Å².